The zero-order chi connectivity index (χ0) is 30.6. The fourth-order valence-corrected chi connectivity index (χ4v) is 9.51. The van der Waals surface area contributed by atoms with Crippen LogP contribution in [0.25, 0.3) is 0 Å². The van der Waals surface area contributed by atoms with Gasteiger partial charge in [0.1, 0.15) is 11.9 Å². The Morgan fingerprint density at radius 3 is 2.36 bits per heavy atom. The van der Waals surface area contributed by atoms with E-state index in [9.17, 15) is 14.4 Å². The van der Waals surface area contributed by atoms with Crippen LogP contribution in [0.1, 0.15) is 124 Å². The highest BCUT2D eigenvalue weighted by atomic mass is 16.5. The van der Waals surface area contributed by atoms with Gasteiger partial charge in [0, 0.05) is 18.4 Å². The molecule has 0 unspecified atom stereocenters. The molecule has 0 amide bonds. The largest absolute Gasteiger partial charge is 0.489 e. The lowest BCUT2D eigenvalue weighted by Crippen LogP contribution is -2.50. The Hall–Kier alpha value is -2.69. The lowest BCUT2D eigenvalue weighted by atomic mass is 9.47. The van der Waals surface area contributed by atoms with E-state index < -0.39 is 0 Å². The maximum Gasteiger partial charge on any atom is 0.305 e. The molecule has 0 spiro atoms. The summed E-state index contributed by atoms with van der Waals surface area (Å²) in [5.74, 6) is 2.69. The number of aryl methyl sites for hydroxylation is 1. The number of hydrogen-bond donors (Lipinski definition) is 0. The average Bonchev–Trinajstić information content (AvgIpc) is 3.30. The summed E-state index contributed by atoms with van der Waals surface area (Å²) in [6.45, 7) is 14.3. The number of fused-ring (bicyclic) bond motifs is 5. The van der Waals surface area contributed by atoms with Crippen LogP contribution in [0.2, 0.25) is 0 Å². The molecule has 228 valence electrons. The maximum absolute atomic E-state index is 12.7. The molecule has 4 aliphatic rings. The van der Waals surface area contributed by atoms with Crippen molar-refractivity contribution in [3.63, 3.8) is 0 Å². The van der Waals surface area contributed by atoms with Crippen LogP contribution in [0.3, 0.4) is 0 Å². The third kappa shape index (κ3) is 5.09. The van der Waals surface area contributed by atoms with Crippen molar-refractivity contribution in [1.29, 1.82) is 0 Å². The summed E-state index contributed by atoms with van der Waals surface area (Å²) in [5.41, 5.74) is 6.35. The molecule has 1 aromatic carbocycles. The summed E-state index contributed by atoms with van der Waals surface area (Å²) in [4.78, 5) is 37.0. The van der Waals surface area contributed by atoms with Crippen molar-refractivity contribution in [3.8, 4) is 5.75 Å². The van der Waals surface area contributed by atoms with Gasteiger partial charge in [-0.3, -0.25) is 14.4 Å². The van der Waals surface area contributed by atoms with Crippen LogP contribution in [0, 0.1) is 48.3 Å². The first-order valence-electron chi connectivity index (χ1n) is 16.1. The first-order chi connectivity index (χ1) is 19.8. The van der Waals surface area contributed by atoms with Gasteiger partial charge in [0.15, 0.2) is 11.6 Å². The maximum atomic E-state index is 12.7. The molecule has 2 saturated carbocycles. The van der Waals surface area contributed by atoms with E-state index in [2.05, 4.69) is 32.9 Å². The van der Waals surface area contributed by atoms with Gasteiger partial charge in [-0.15, -0.1) is 0 Å². The van der Waals surface area contributed by atoms with Gasteiger partial charge in [0.2, 0.25) is 0 Å². The molecule has 2 fully saturated rings. The molecule has 0 radical (unpaired) electrons. The van der Waals surface area contributed by atoms with E-state index in [1.807, 2.05) is 19.9 Å². The lowest BCUT2D eigenvalue weighted by molar-refractivity contribution is -0.140. The van der Waals surface area contributed by atoms with E-state index in [1.54, 1.807) is 5.57 Å². The summed E-state index contributed by atoms with van der Waals surface area (Å²) in [6.07, 6.45) is 14.1. The zero-order valence-electron chi connectivity index (χ0n) is 27.0. The van der Waals surface area contributed by atoms with Crippen LogP contribution in [0.15, 0.2) is 29.4 Å². The molecule has 5 rings (SSSR count). The molecule has 0 N–H and O–H groups in total. The van der Waals surface area contributed by atoms with E-state index in [4.69, 9.17) is 9.47 Å². The summed E-state index contributed by atoms with van der Waals surface area (Å²) < 4.78 is 11.6. The van der Waals surface area contributed by atoms with Gasteiger partial charge >= 0.3 is 5.97 Å². The summed E-state index contributed by atoms with van der Waals surface area (Å²) in [7, 11) is 1.48. The van der Waals surface area contributed by atoms with E-state index >= 15 is 0 Å². The standard InChI is InChI=1S/C37H50O5/c1-21(9-14-33(40)41-8)30-12-13-31-28-11-10-26-20-27(15-17-36(26,6)32(28)16-18-37(30,31)7)42-35-23(3)22(2)19-29(24(4)38)34(35)25(5)39/h10,12,19,21,27-28,31-32H,9,11,13-18,20H2,1-8H3/t21-,27+,28+,31+,32+,36+,37-/m1/s1. The number of ether oxygens (including phenoxy) is 2. The summed E-state index contributed by atoms with van der Waals surface area (Å²) >= 11 is 0. The van der Waals surface area contributed by atoms with Gasteiger partial charge < -0.3 is 9.47 Å². The molecule has 0 heterocycles. The second-order valence-electron chi connectivity index (χ2n) is 14.3. The number of esters is 1. The fourth-order valence-electron chi connectivity index (χ4n) is 9.51. The predicted octanol–water partition coefficient (Wildman–Crippen LogP) is 8.54. The molecule has 7 atom stereocenters. The van der Waals surface area contributed by atoms with Crippen molar-refractivity contribution >= 4 is 17.5 Å². The third-order valence-corrected chi connectivity index (χ3v) is 12.0. The Balaban J connectivity index is 1.34. The lowest BCUT2D eigenvalue weighted by Gasteiger charge is -2.58. The highest BCUT2D eigenvalue weighted by molar-refractivity contribution is 6.09. The van der Waals surface area contributed by atoms with Gasteiger partial charge in [0.25, 0.3) is 0 Å². The minimum atomic E-state index is -0.118. The number of benzene rings is 1. The van der Waals surface area contributed by atoms with Crippen molar-refractivity contribution in [2.75, 3.05) is 7.11 Å². The number of carbonyl (C=O) groups is 3. The van der Waals surface area contributed by atoms with Crippen LogP contribution in [-0.4, -0.2) is 30.7 Å². The highest BCUT2D eigenvalue weighted by Crippen LogP contribution is 2.66. The fraction of sp³-hybridized carbons (Fsp3) is 0.649. The normalized spacial score (nSPS) is 32.5. The highest BCUT2D eigenvalue weighted by Gasteiger charge is 2.57. The van der Waals surface area contributed by atoms with Gasteiger partial charge in [-0.05, 0) is 124 Å². The second kappa shape index (κ2) is 11.4. The number of carbonyl (C=O) groups excluding carboxylic acids is 3. The second-order valence-corrected chi connectivity index (χ2v) is 14.3. The smallest absolute Gasteiger partial charge is 0.305 e. The number of rotatable bonds is 8. The molecular formula is C37H50O5. The summed E-state index contributed by atoms with van der Waals surface area (Å²) in [6, 6.07) is 1.84. The van der Waals surface area contributed by atoms with E-state index in [-0.39, 0.29) is 34.5 Å². The Kier molecular flexibility index (Phi) is 8.37. The molecular weight excluding hydrogens is 524 g/mol. The minimum absolute atomic E-state index is 0.00329. The topological polar surface area (TPSA) is 69.7 Å². The number of methoxy groups -OCH3 is 1. The molecule has 4 aliphatic carbocycles. The zero-order valence-corrected chi connectivity index (χ0v) is 27.0. The van der Waals surface area contributed by atoms with Crippen LogP contribution in [0.5, 0.6) is 5.75 Å². The van der Waals surface area contributed by atoms with Crippen LogP contribution >= 0.6 is 0 Å². The number of Topliss-reactive ketones (excluding diaryl/α,β-unsaturated/α-hetero) is 2. The number of ketones is 2. The molecule has 5 heteroatoms. The number of hydrogen-bond acceptors (Lipinski definition) is 5. The molecule has 42 heavy (non-hydrogen) atoms. The predicted molar refractivity (Wildman–Crippen MR) is 166 cm³/mol. The van der Waals surface area contributed by atoms with E-state index in [0.717, 1.165) is 49.7 Å². The molecule has 1 aromatic rings. The molecule has 5 nitrogen and oxygen atoms in total. The van der Waals surface area contributed by atoms with Gasteiger partial charge in [-0.1, -0.05) is 44.1 Å². The Bertz CT molecular complexity index is 1350. The quantitative estimate of drug-likeness (QED) is 0.177. The van der Waals surface area contributed by atoms with Crippen molar-refractivity contribution in [2.45, 2.75) is 112 Å². The first-order valence-corrected chi connectivity index (χ1v) is 16.1. The first kappa shape index (κ1) is 30.8. The Morgan fingerprint density at radius 1 is 0.976 bits per heavy atom. The van der Waals surface area contributed by atoms with Gasteiger partial charge in [-0.25, -0.2) is 0 Å². The summed E-state index contributed by atoms with van der Waals surface area (Å²) in [5, 5.41) is 0. The number of allylic oxidation sites excluding steroid dienone is 3. The third-order valence-electron chi connectivity index (χ3n) is 12.0. The Morgan fingerprint density at radius 2 is 1.69 bits per heavy atom. The monoisotopic (exact) mass is 574 g/mol. The molecule has 0 bridgehead atoms. The van der Waals surface area contributed by atoms with Gasteiger partial charge in [0.05, 0.1) is 12.7 Å². The minimum Gasteiger partial charge on any atom is -0.489 e. The SMILES string of the molecule is COC(=O)CC[C@@H](C)C1=CC[C@H]2[C@@H]3CC=C4C[C@@H](Oc5c(C)c(C)cc(C(C)=O)c5C(C)=O)CC[C@]4(C)[C@H]3CC[C@]12C. The van der Waals surface area contributed by atoms with Crippen molar-refractivity contribution in [2.24, 2.45) is 34.5 Å². The van der Waals surface area contributed by atoms with Crippen LogP contribution in [0.4, 0.5) is 0 Å². The molecule has 0 aliphatic heterocycles. The molecule has 0 aromatic heterocycles. The average molecular weight is 575 g/mol. The van der Waals surface area contributed by atoms with Crippen molar-refractivity contribution in [1.82, 2.24) is 0 Å². The van der Waals surface area contributed by atoms with E-state index in [0.29, 0.717) is 47.0 Å². The van der Waals surface area contributed by atoms with Crippen LogP contribution < -0.4 is 4.74 Å². The Labute approximate surface area is 252 Å². The van der Waals surface area contributed by atoms with Crippen LogP contribution in [-0.2, 0) is 9.53 Å². The van der Waals surface area contributed by atoms with Crippen molar-refractivity contribution in [3.05, 3.63) is 51.6 Å². The molecule has 0 saturated heterocycles. The van der Waals surface area contributed by atoms with Crippen molar-refractivity contribution < 1.29 is 23.9 Å². The van der Waals surface area contributed by atoms with E-state index in [1.165, 1.54) is 39.4 Å². The van der Waals surface area contributed by atoms with Gasteiger partial charge in [-0.2, -0.15) is 0 Å².